The van der Waals surface area contributed by atoms with E-state index in [2.05, 4.69) is 5.32 Å². The zero-order valence-electron chi connectivity index (χ0n) is 11.2. The molecular formula is C16H16FNO2. The summed E-state index contributed by atoms with van der Waals surface area (Å²) in [5, 5.41) is 2.76. The van der Waals surface area contributed by atoms with E-state index in [0.29, 0.717) is 0 Å². The third-order valence-corrected chi connectivity index (χ3v) is 2.76. The van der Waals surface area contributed by atoms with Gasteiger partial charge in [0.05, 0.1) is 13.0 Å². The number of nitrogens with one attached hydrogen (secondary N) is 1. The third kappa shape index (κ3) is 4.09. The molecule has 3 nitrogen and oxygen atoms in total. The van der Waals surface area contributed by atoms with Crippen molar-refractivity contribution in [3.05, 3.63) is 59.9 Å². The molecule has 4 heteroatoms. The van der Waals surface area contributed by atoms with Gasteiger partial charge in [0.2, 0.25) is 5.91 Å². The van der Waals surface area contributed by atoms with Gasteiger partial charge in [-0.25, -0.2) is 4.39 Å². The first kappa shape index (κ1) is 14.1. The van der Waals surface area contributed by atoms with Crippen LogP contribution in [0.25, 0.3) is 0 Å². The fraction of sp³-hybridized carbons (Fsp3) is 0.188. The average Bonchev–Trinajstić information content (AvgIpc) is 2.43. The van der Waals surface area contributed by atoms with Crippen LogP contribution in [0, 0.1) is 12.7 Å². The number of anilines is 1. The van der Waals surface area contributed by atoms with Crippen LogP contribution < -0.4 is 10.1 Å². The minimum Gasteiger partial charge on any atom is -0.490 e. The molecule has 0 saturated heterocycles. The Kier molecular flexibility index (Phi) is 4.71. The highest BCUT2D eigenvalue weighted by Crippen LogP contribution is 2.15. The lowest BCUT2D eigenvalue weighted by Crippen LogP contribution is -2.15. The number of ether oxygens (including phenoxy) is 1. The van der Waals surface area contributed by atoms with Crippen LogP contribution in [0.3, 0.4) is 0 Å². The summed E-state index contributed by atoms with van der Waals surface area (Å²) in [7, 11) is 0. The molecule has 0 unspecified atom stereocenters. The van der Waals surface area contributed by atoms with Crippen molar-refractivity contribution in [3.63, 3.8) is 0 Å². The first-order chi connectivity index (χ1) is 9.65. The van der Waals surface area contributed by atoms with Crippen molar-refractivity contribution >= 4 is 11.6 Å². The van der Waals surface area contributed by atoms with Crippen molar-refractivity contribution in [1.29, 1.82) is 0 Å². The summed E-state index contributed by atoms with van der Waals surface area (Å²) in [5.41, 5.74) is 1.87. The van der Waals surface area contributed by atoms with E-state index in [1.54, 1.807) is 12.1 Å². The smallest absolute Gasteiger partial charge is 0.227 e. The molecular weight excluding hydrogens is 257 g/mol. The van der Waals surface area contributed by atoms with Gasteiger partial charge < -0.3 is 10.1 Å². The fourth-order valence-electron chi connectivity index (χ4n) is 1.68. The van der Waals surface area contributed by atoms with Crippen LogP contribution in [-0.4, -0.2) is 12.5 Å². The largest absolute Gasteiger partial charge is 0.490 e. The van der Waals surface area contributed by atoms with Crippen molar-refractivity contribution in [3.8, 4) is 5.75 Å². The van der Waals surface area contributed by atoms with Gasteiger partial charge in [-0.2, -0.15) is 0 Å². The van der Waals surface area contributed by atoms with Gasteiger partial charge in [-0.1, -0.05) is 29.8 Å². The predicted molar refractivity (Wildman–Crippen MR) is 76.3 cm³/mol. The van der Waals surface area contributed by atoms with E-state index < -0.39 is 5.82 Å². The van der Waals surface area contributed by atoms with Crippen LogP contribution in [-0.2, 0) is 4.79 Å². The zero-order chi connectivity index (χ0) is 14.4. The van der Waals surface area contributed by atoms with Crippen molar-refractivity contribution in [1.82, 2.24) is 0 Å². The van der Waals surface area contributed by atoms with Gasteiger partial charge in [-0.05, 0) is 31.2 Å². The molecule has 0 aliphatic rings. The Morgan fingerprint density at radius 3 is 2.55 bits per heavy atom. The number of aryl methyl sites for hydroxylation is 1. The van der Waals surface area contributed by atoms with Crippen molar-refractivity contribution in [2.45, 2.75) is 13.3 Å². The highest BCUT2D eigenvalue weighted by Gasteiger charge is 2.05. The standard InChI is InChI=1S/C16H16FNO2/c1-12-6-8-13(9-7-12)18-16(19)10-11-20-15-5-3-2-4-14(15)17/h2-9H,10-11H2,1H3,(H,18,19). The Morgan fingerprint density at radius 2 is 1.85 bits per heavy atom. The minimum atomic E-state index is -0.425. The molecule has 104 valence electrons. The lowest BCUT2D eigenvalue weighted by Gasteiger charge is -2.08. The van der Waals surface area contributed by atoms with Gasteiger partial charge >= 0.3 is 0 Å². The van der Waals surface area contributed by atoms with E-state index in [0.717, 1.165) is 11.3 Å². The van der Waals surface area contributed by atoms with Crippen LogP contribution in [0.5, 0.6) is 5.75 Å². The van der Waals surface area contributed by atoms with Gasteiger partial charge in [0.15, 0.2) is 11.6 Å². The quantitative estimate of drug-likeness (QED) is 0.904. The van der Waals surface area contributed by atoms with Gasteiger partial charge in [0.1, 0.15) is 0 Å². The zero-order valence-corrected chi connectivity index (χ0v) is 11.2. The average molecular weight is 273 g/mol. The van der Waals surface area contributed by atoms with E-state index in [-0.39, 0.29) is 24.7 Å². The molecule has 0 spiro atoms. The molecule has 1 amide bonds. The molecule has 2 aromatic rings. The number of amides is 1. The maximum Gasteiger partial charge on any atom is 0.227 e. The summed E-state index contributed by atoms with van der Waals surface area (Å²) in [6.07, 6.45) is 0.169. The lowest BCUT2D eigenvalue weighted by atomic mass is 10.2. The molecule has 0 saturated carbocycles. The molecule has 0 aliphatic heterocycles. The fourth-order valence-corrected chi connectivity index (χ4v) is 1.68. The van der Waals surface area contributed by atoms with E-state index in [1.165, 1.54) is 12.1 Å². The van der Waals surface area contributed by atoms with Gasteiger partial charge in [-0.15, -0.1) is 0 Å². The lowest BCUT2D eigenvalue weighted by molar-refractivity contribution is -0.116. The monoisotopic (exact) mass is 273 g/mol. The number of hydrogen-bond acceptors (Lipinski definition) is 2. The molecule has 2 aromatic carbocycles. The summed E-state index contributed by atoms with van der Waals surface area (Å²) in [6, 6.07) is 13.7. The Morgan fingerprint density at radius 1 is 1.15 bits per heavy atom. The number of hydrogen-bond donors (Lipinski definition) is 1. The molecule has 0 aliphatic carbocycles. The van der Waals surface area contributed by atoms with Crippen LogP contribution in [0.1, 0.15) is 12.0 Å². The van der Waals surface area contributed by atoms with Crippen LogP contribution >= 0.6 is 0 Å². The first-order valence-corrected chi connectivity index (χ1v) is 6.39. The van der Waals surface area contributed by atoms with E-state index in [4.69, 9.17) is 4.74 Å². The number of halogens is 1. The molecule has 0 heterocycles. The molecule has 0 aromatic heterocycles. The van der Waals surface area contributed by atoms with Crippen LogP contribution in [0.15, 0.2) is 48.5 Å². The molecule has 20 heavy (non-hydrogen) atoms. The minimum absolute atomic E-state index is 0.138. The highest BCUT2D eigenvalue weighted by molar-refractivity contribution is 5.90. The van der Waals surface area contributed by atoms with Crippen LogP contribution in [0.4, 0.5) is 10.1 Å². The third-order valence-electron chi connectivity index (χ3n) is 2.76. The Labute approximate surface area is 117 Å². The number of carbonyl (C=O) groups excluding carboxylic acids is 1. The van der Waals surface area contributed by atoms with Gasteiger partial charge in [0, 0.05) is 5.69 Å². The SMILES string of the molecule is Cc1ccc(NC(=O)CCOc2ccccc2F)cc1. The maximum absolute atomic E-state index is 13.3. The normalized spacial score (nSPS) is 10.1. The van der Waals surface area contributed by atoms with E-state index >= 15 is 0 Å². The second kappa shape index (κ2) is 6.70. The first-order valence-electron chi connectivity index (χ1n) is 6.39. The number of rotatable bonds is 5. The second-order valence-corrected chi connectivity index (χ2v) is 4.44. The topological polar surface area (TPSA) is 38.3 Å². The summed E-state index contributed by atoms with van der Waals surface area (Å²) < 4.78 is 18.5. The van der Waals surface area contributed by atoms with Crippen molar-refractivity contribution < 1.29 is 13.9 Å². The van der Waals surface area contributed by atoms with Crippen molar-refractivity contribution in [2.75, 3.05) is 11.9 Å². The Bertz CT molecular complexity index is 581. The summed E-state index contributed by atoms with van der Waals surface area (Å²) in [5.74, 6) is -0.424. The van der Waals surface area contributed by atoms with E-state index in [9.17, 15) is 9.18 Å². The molecule has 1 N–H and O–H groups in total. The second-order valence-electron chi connectivity index (χ2n) is 4.44. The molecule has 0 radical (unpaired) electrons. The highest BCUT2D eigenvalue weighted by atomic mass is 19.1. The Balaban J connectivity index is 1.78. The molecule has 0 atom stereocenters. The predicted octanol–water partition coefficient (Wildman–Crippen LogP) is 3.54. The maximum atomic E-state index is 13.3. The van der Waals surface area contributed by atoms with E-state index in [1.807, 2.05) is 31.2 Å². The molecule has 0 bridgehead atoms. The van der Waals surface area contributed by atoms with Gasteiger partial charge in [0.25, 0.3) is 0 Å². The number of benzene rings is 2. The molecule has 0 fully saturated rings. The number of para-hydroxylation sites is 1. The number of carbonyl (C=O) groups is 1. The summed E-state index contributed by atoms with van der Waals surface area (Å²) >= 11 is 0. The van der Waals surface area contributed by atoms with Crippen molar-refractivity contribution in [2.24, 2.45) is 0 Å². The summed E-state index contributed by atoms with van der Waals surface area (Å²) in [4.78, 5) is 11.7. The summed E-state index contributed by atoms with van der Waals surface area (Å²) in [6.45, 7) is 2.12. The van der Waals surface area contributed by atoms with Crippen LogP contribution in [0.2, 0.25) is 0 Å². The van der Waals surface area contributed by atoms with Gasteiger partial charge in [-0.3, -0.25) is 4.79 Å². The molecule has 2 rings (SSSR count). The Hall–Kier alpha value is -2.36.